The Morgan fingerprint density at radius 1 is 0.861 bits per heavy atom. The van der Waals surface area contributed by atoms with Gasteiger partial charge in [-0.05, 0) is 24.8 Å². The van der Waals surface area contributed by atoms with Gasteiger partial charge in [0, 0.05) is 19.4 Å². The summed E-state index contributed by atoms with van der Waals surface area (Å²) in [6.45, 7) is -0.190. The maximum atomic E-state index is 13.1. The molecule has 1 rings (SSSR count). The molecular formula is C22H34N8O6. The second kappa shape index (κ2) is 15.7. The first-order valence-electron chi connectivity index (χ1n) is 11.2. The number of primary amides is 1. The number of nitrogens with zero attached hydrogens (tertiary/aromatic N) is 1. The van der Waals surface area contributed by atoms with E-state index in [2.05, 4.69) is 20.9 Å². The SMILES string of the molecule is NCC(=O)NC(Cc1ccccc1)C(=O)NC(CCCN=C(N)N)C(=O)NC(CCC(N)=O)C(=O)O. The van der Waals surface area contributed by atoms with Crippen molar-refractivity contribution in [2.24, 2.45) is 27.9 Å². The highest BCUT2D eigenvalue weighted by atomic mass is 16.4. The Morgan fingerprint density at radius 2 is 1.47 bits per heavy atom. The molecule has 1 aromatic rings. The molecule has 0 spiro atoms. The monoisotopic (exact) mass is 506 g/mol. The van der Waals surface area contributed by atoms with Crippen molar-refractivity contribution < 1.29 is 29.1 Å². The van der Waals surface area contributed by atoms with Crippen molar-refractivity contribution in [1.29, 1.82) is 0 Å². The molecule has 0 radical (unpaired) electrons. The summed E-state index contributed by atoms with van der Waals surface area (Å²) in [6, 6.07) is 5.23. The minimum atomic E-state index is -1.40. The average Bonchev–Trinajstić information content (AvgIpc) is 2.82. The summed E-state index contributed by atoms with van der Waals surface area (Å²) in [5.74, 6) is -4.29. The number of rotatable bonds is 16. The van der Waals surface area contributed by atoms with Crippen LogP contribution in [0.2, 0.25) is 0 Å². The number of carboxylic acids is 1. The highest BCUT2D eigenvalue weighted by Gasteiger charge is 2.29. The van der Waals surface area contributed by atoms with Crippen LogP contribution in [-0.4, -0.2) is 71.9 Å². The molecule has 3 atom stereocenters. The second-order valence-corrected chi connectivity index (χ2v) is 7.93. The maximum absolute atomic E-state index is 13.1. The highest BCUT2D eigenvalue weighted by molar-refractivity contribution is 5.93. The number of carbonyl (C=O) groups is 5. The molecule has 3 unspecified atom stereocenters. The molecule has 14 heteroatoms. The van der Waals surface area contributed by atoms with Crippen molar-refractivity contribution in [2.45, 2.75) is 50.2 Å². The van der Waals surface area contributed by atoms with Gasteiger partial charge < -0.3 is 44.0 Å². The number of aliphatic imine (C=N–C) groups is 1. The van der Waals surface area contributed by atoms with Crippen LogP contribution in [0.4, 0.5) is 0 Å². The Balaban J connectivity index is 3.05. The lowest BCUT2D eigenvalue weighted by Gasteiger charge is -2.24. The van der Waals surface area contributed by atoms with Gasteiger partial charge in [0.25, 0.3) is 0 Å². The first kappa shape index (κ1) is 29.8. The third-order valence-corrected chi connectivity index (χ3v) is 4.99. The van der Waals surface area contributed by atoms with Gasteiger partial charge >= 0.3 is 5.97 Å². The molecule has 36 heavy (non-hydrogen) atoms. The minimum absolute atomic E-state index is 0.0550. The molecule has 0 aromatic heterocycles. The molecule has 0 bridgehead atoms. The van der Waals surface area contributed by atoms with Gasteiger partial charge in [-0.25, -0.2) is 4.79 Å². The van der Waals surface area contributed by atoms with E-state index in [-0.39, 0.29) is 51.2 Å². The first-order chi connectivity index (χ1) is 17.0. The topological polar surface area (TPSA) is 258 Å². The zero-order chi connectivity index (χ0) is 27.1. The number of guanidine groups is 1. The largest absolute Gasteiger partial charge is 0.480 e. The van der Waals surface area contributed by atoms with Crippen LogP contribution in [0.3, 0.4) is 0 Å². The zero-order valence-corrected chi connectivity index (χ0v) is 19.8. The third-order valence-electron chi connectivity index (χ3n) is 4.99. The van der Waals surface area contributed by atoms with Crippen LogP contribution in [0, 0.1) is 0 Å². The number of amides is 4. The van der Waals surface area contributed by atoms with Crippen LogP contribution in [0.25, 0.3) is 0 Å². The highest BCUT2D eigenvalue weighted by Crippen LogP contribution is 2.07. The van der Waals surface area contributed by atoms with E-state index in [9.17, 15) is 29.1 Å². The van der Waals surface area contributed by atoms with Gasteiger partial charge in [0.1, 0.15) is 18.1 Å². The molecule has 0 saturated heterocycles. The van der Waals surface area contributed by atoms with Crippen LogP contribution in [0.15, 0.2) is 35.3 Å². The number of carbonyl (C=O) groups excluding carboxylic acids is 4. The van der Waals surface area contributed by atoms with Gasteiger partial charge in [0.2, 0.25) is 23.6 Å². The second-order valence-electron chi connectivity index (χ2n) is 7.93. The molecule has 0 heterocycles. The van der Waals surface area contributed by atoms with E-state index in [0.29, 0.717) is 0 Å². The third kappa shape index (κ3) is 11.8. The van der Waals surface area contributed by atoms with E-state index in [0.717, 1.165) is 5.56 Å². The van der Waals surface area contributed by atoms with Gasteiger partial charge in [0.05, 0.1) is 6.54 Å². The van der Waals surface area contributed by atoms with E-state index in [1.54, 1.807) is 30.3 Å². The summed E-state index contributed by atoms with van der Waals surface area (Å²) < 4.78 is 0. The van der Waals surface area contributed by atoms with Gasteiger partial charge in [-0.2, -0.15) is 0 Å². The summed E-state index contributed by atoms with van der Waals surface area (Å²) in [6.07, 6.45) is -0.0401. The fourth-order valence-electron chi connectivity index (χ4n) is 3.17. The number of nitrogens with one attached hydrogen (secondary N) is 3. The number of nitrogens with two attached hydrogens (primary N) is 4. The molecule has 0 fully saturated rings. The van der Waals surface area contributed by atoms with Crippen LogP contribution < -0.4 is 38.9 Å². The maximum Gasteiger partial charge on any atom is 0.326 e. The van der Waals surface area contributed by atoms with E-state index >= 15 is 0 Å². The molecule has 12 N–H and O–H groups in total. The van der Waals surface area contributed by atoms with Crippen molar-refractivity contribution in [3.8, 4) is 0 Å². The summed E-state index contributed by atoms with van der Waals surface area (Å²) in [5, 5.41) is 16.8. The lowest BCUT2D eigenvalue weighted by molar-refractivity contribution is -0.142. The lowest BCUT2D eigenvalue weighted by Crippen LogP contribution is -2.56. The normalized spacial score (nSPS) is 12.9. The number of hydrogen-bond acceptors (Lipinski definition) is 7. The quantitative estimate of drug-likeness (QED) is 0.0646. The molecular weight excluding hydrogens is 472 g/mol. The lowest BCUT2D eigenvalue weighted by atomic mass is 10.0. The molecule has 0 aliphatic rings. The summed E-state index contributed by atoms with van der Waals surface area (Å²) in [7, 11) is 0. The van der Waals surface area contributed by atoms with E-state index in [1.807, 2.05) is 0 Å². The molecule has 14 nitrogen and oxygen atoms in total. The van der Waals surface area contributed by atoms with Crippen LogP contribution in [0.1, 0.15) is 31.2 Å². The number of aliphatic carboxylic acids is 1. The summed E-state index contributed by atoms with van der Waals surface area (Å²) in [5.41, 5.74) is 21.8. The van der Waals surface area contributed by atoms with Gasteiger partial charge in [-0.1, -0.05) is 30.3 Å². The van der Waals surface area contributed by atoms with Crippen molar-refractivity contribution in [2.75, 3.05) is 13.1 Å². The first-order valence-corrected chi connectivity index (χ1v) is 11.2. The summed E-state index contributed by atoms with van der Waals surface area (Å²) in [4.78, 5) is 64.3. The number of benzene rings is 1. The Morgan fingerprint density at radius 3 is 2.03 bits per heavy atom. The van der Waals surface area contributed by atoms with Gasteiger partial charge in [-0.3, -0.25) is 24.2 Å². The van der Waals surface area contributed by atoms with Crippen molar-refractivity contribution in [3.63, 3.8) is 0 Å². The smallest absolute Gasteiger partial charge is 0.326 e. The zero-order valence-electron chi connectivity index (χ0n) is 19.8. The molecule has 0 aliphatic carbocycles. The van der Waals surface area contributed by atoms with E-state index in [4.69, 9.17) is 22.9 Å². The fraction of sp³-hybridized carbons (Fsp3) is 0.455. The molecule has 4 amide bonds. The number of carboxylic acid groups (broad SMARTS) is 1. The Labute approximate surface area is 208 Å². The molecule has 0 aliphatic heterocycles. The Hall–Kier alpha value is -4.20. The van der Waals surface area contributed by atoms with Crippen LogP contribution in [-0.2, 0) is 30.4 Å². The van der Waals surface area contributed by atoms with E-state index in [1.165, 1.54) is 0 Å². The van der Waals surface area contributed by atoms with Gasteiger partial charge in [0.15, 0.2) is 5.96 Å². The Kier molecular flexibility index (Phi) is 13.0. The van der Waals surface area contributed by atoms with E-state index < -0.39 is 47.7 Å². The van der Waals surface area contributed by atoms with Crippen LogP contribution in [0.5, 0.6) is 0 Å². The van der Waals surface area contributed by atoms with Crippen molar-refractivity contribution in [3.05, 3.63) is 35.9 Å². The van der Waals surface area contributed by atoms with Crippen LogP contribution >= 0.6 is 0 Å². The minimum Gasteiger partial charge on any atom is -0.480 e. The van der Waals surface area contributed by atoms with Crippen molar-refractivity contribution in [1.82, 2.24) is 16.0 Å². The van der Waals surface area contributed by atoms with Crippen molar-refractivity contribution >= 4 is 35.6 Å². The standard InChI is InChI=1S/C22H34N8O6/c23-12-18(32)28-16(11-13-5-2-1-3-6-13)20(34)29-14(7-4-10-27-22(25)26)19(33)30-15(21(35)36)8-9-17(24)31/h1-3,5-6,14-16H,4,7-12,23H2,(H2,24,31)(H,28,32)(H,29,34)(H,30,33)(H,35,36)(H4,25,26,27). The Bertz CT molecular complexity index is 936. The fourth-order valence-corrected chi connectivity index (χ4v) is 3.17. The predicted molar refractivity (Wildman–Crippen MR) is 131 cm³/mol. The predicted octanol–water partition coefficient (Wildman–Crippen LogP) is -2.95. The number of hydrogen-bond donors (Lipinski definition) is 8. The molecule has 1 aromatic carbocycles. The average molecular weight is 507 g/mol. The molecule has 0 saturated carbocycles. The molecule has 198 valence electrons. The summed E-state index contributed by atoms with van der Waals surface area (Å²) >= 11 is 0. The van der Waals surface area contributed by atoms with Gasteiger partial charge in [-0.15, -0.1) is 0 Å².